The van der Waals surface area contributed by atoms with Gasteiger partial charge in [-0.25, -0.2) is 0 Å². The summed E-state index contributed by atoms with van der Waals surface area (Å²) in [5.74, 6) is -0.342. The Morgan fingerprint density at radius 1 is 1.05 bits per heavy atom. The predicted molar refractivity (Wildman–Crippen MR) is 79.2 cm³/mol. The summed E-state index contributed by atoms with van der Waals surface area (Å²) in [4.78, 5) is 0. The summed E-state index contributed by atoms with van der Waals surface area (Å²) in [7, 11) is -5.62. The van der Waals surface area contributed by atoms with Gasteiger partial charge in [-0.3, -0.25) is 0 Å². The van der Waals surface area contributed by atoms with E-state index in [1.165, 1.54) is 12.1 Å². The maximum Gasteiger partial charge on any atom is 0.534 e. The van der Waals surface area contributed by atoms with Gasteiger partial charge in [-0.05, 0) is 29.5 Å². The molecule has 3 nitrogen and oxygen atoms in total. The number of rotatable bonds is 7. The van der Waals surface area contributed by atoms with Gasteiger partial charge in [0.25, 0.3) is 0 Å². The minimum atomic E-state index is -5.62. The van der Waals surface area contributed by atoms with E-state index in [9.17, 15) is 21.6 Å². The molecular weight excluding hydrogens is 317 g/mol. The van der Waals surface area contributed by atoms with Crippen LogP contribution in [-0.4, -0.2) is 13.9 Å². The summed E-state index contributed by atoms with van der Waals surface area (Å²) in [5.41, 5.74) is -4.62. The van der Waals surface area contributed by atoms with Crippen LogP contribution < -0.4 is 4.18 Å². The first-order valence-electron chi connectivity index (χ1n) is 7.11. The second kappa shape index (κ2) is 6.89. The minimum Gasteiger partial charge on any atom is -0.376 e. The quantitative estimate of drug-likeness (QED) is 0.408. The third-order valence-electron chi connectivity index (χ3n) is 3.53. The third kappa shape index (κ3) is 4.90. The van der Waals surface area contributed by atoms with Crippen LogP contribution in [0.4, 0.5) is 13.2 Å². The van der Waals surface area contributed by atoms with Crippen molar-refractivity contribution in [2.45, 2.75) is 57.4 Å². The number of unbranched alkanes of at least 4 members (excludes halogenated alkanes) is 2. The molecule has 0 spiro atoms. The van der Waals surface area contributed by atoms with Crippen molar-refractivity contribution >= 4 is 10.1 Å². The topological polar surface area (TPSA) is 43.4 Å². The molecule has 0 aliphatic carbocycles. The molecule has 0 amide bonds. The molecule has 1 aromatic rings. The Bertz CT molecular complexity index is 575. The second-order valence-electron chi connectivity index (χ2n) is 5.85. The first-order chi connectivity index (χ1) is 9.99. The average molecular weight is 338 g/mol. The molecule has 0 N–H and O–H groups in total. The maximum atomic E-state index is 12.2. The number of benzene rings is 1. The van der Waals surface area contributed by atoms with Crippen molar-refractivity contribution in [1.82, 2.24) is 0 Å². The highest BCUT2D eigenvalue weighted by molar-refractivity contribution is 7.87. The first-order valence-corrected chi connectivity index (χ1v) is 8.52. The number of hydrogen-bond donors (Lipinski definition) is 0. The molecule has 0 aliphatic heterocycles. The van der Waals surface area contributed by atoms with E-state index in [4.69, 9.17) is 0 Å². The zero-order chi connectivity index (χ0) is 17.0. The highest BCUT2D eigenvalue weighted by atomic mass is 32.2. The molecule has 0 saturated heterocycles. The number of hydrogen-bond acceptors (Lipinski definition) is 3. The van der Waals surface area contributed by atoms with E-state index in [0.29, 0.717) is 0 Å². The van der Waals surface area contributed by atoms with Gasteiger partial charge in [0, 0.05) is 0 Å². The van der Waals surface area contributed by atoms with Crippen LogP contribution in [-0.2, 0) is 15.5 Å². The molecule has 0 radical (unpaired) electrons. The van der Waals surface area contributed by atoms with Crippen molar-refractivity contribution in [3.8, 4) is 5.75 Å². The first kappa shape index (κ1) is 18.8. The standard InChI is InChI=1S/C15H21F3O3S/c1-4-5-6-11-14(2,3)12-7-9-13(10-8-12)21-22(19,20)15(16,17)18/h7-10H,4-6,11H2,1-3H3. The van der Waals surface area contributed by atoms with Crippen LogP contribution in [0.2, 0.25) is 0 Å². The molecule has 0 unspecified atom stereocenters. The van der Waals surface area contributed by atoms with Crippen molar-refractivity contribution in [2.75, 3.05) is 0 Å². The van der Waals surface area contributed by atoms with Gasteiger partial charge in [0.1, 0.15) is 5.75 Å². The normalized spacial score (nSPS) is 13.2. The zero-order valence-electron chi connectivity index (χ0n) is 12.9. The molecule has 1 aromatic carbocycles. The van der Waals surface area contributed by atoms with E-state index in [1.54, 1.807) is 12.1 Å². The summed E-state index contributed by atoms with van der Waals surface area (Å²) in [6.07, 6.45) is 4.23. The molecule has 0 aliphatic rings. The second-order valence-corrected chi connectivity index (χ2v) is 7.39. The van der Waals surface area contributed by atoms with Crippen LogP contribution in [0.3, 0.4) is 0 Å². The zero-order valence-corrected chi connectivity index (χ0v) is 13.7. The third-order valence-corrected chi connectivity index (χ3v) is 4.51. The van der Waals surface area contributed by atoms with Gasteiger partial charge in [0.2, 0.25) is 0 Å². The van der Waals surface area contributed by atoms with Crippen molar-refractivity contribution in [2.24, 2.45) is 0 Å². The van der Waals surface area contributed by atoms with E-state index in [-0.39, 0.29) is 11.2 Å². The monoisotopic (exact) mass is 338 g/mol. The van der Waals surface area contributed by atoms with Crippen LogP contribution in [0.1, 0.15) is 52.0 Å². The van der Waals surface area contributed by atoms with E-state index < -0.39 is 15.6 Å². The van der Waals surface area contributed by atoms with Crippen molar-refractivity contribution in [1.29, 1.82) is 0 Å². The van der Waals surface area contributed by atoms with Gasteiger partial charge in [-0.2, -0.15) is 21.6 Å². The van der Waals surface area contributed by atoms with Crippen LogP contribution in [0, 0.1) is 0 Å². The van der Waals surface area contributed by atoms with Crippen molar-refractivity contribution < 1.29 is 25.8 Å². The summed E-state index contributed by atoms with van der Waals surface area (Å²) in [6, 6.07) is 5.71. The average Bonchev–Trinajstić information content (AvgIpc) is 2.37. The van der Waals surface area contributed by atoms with E-state index in [1.807, 2.05) is 13.8 Å². The Kier molecular flexibility index (Phi) is 5.89. The van der Waals surface area contributed by atoms with Gasteiger partial charge in [-0.15, -0.1) is 0 Å². The number of halogens is 3. The Hall–Kier alpha value is -1.24. The molecule has 0 aromatic heterocycles. The Morgan fingerprint density at radius 2 is 1.59 bits per heavy atom. The highest BCUT2D eigenvalue weighted by Gasteiger charge is 2.48. The van der Waals surface area contributed by atoms with Gasteiger partial charge in [-0.1, -0.05) is 52.2 Å². The van der Waals surface area contributed by atoms with E-state index in [2.05, 4.69) is 11.1 Å². The van der Waals surface area contributed by atoms with Crippen LogP contribution in [0.15, 0.2) is 24.3 Å². The van der Waals surface area contributed by atoms with Gasteiger partial charge in [0.05, 0.1) is 0 Å². The van der Waals surface area contributed by atoms with Gasteiger partial charge < -0.3 is 4.18 Å². The largest absolute Gasteiger partial charge is 0.534 e. The summed E-state index contributed by atoms with van der Waals surface area (Å²) in [6.45, 7) is 6.20. The van der Waals surface area contributed by atoms with Crippen LogP contribution >= 0.6 is 0 Å². The van der Waals surface area contributed by atoms with Crippen molar-refractivity contribution in [3.05, 3.63) is 29.8 Å². The fourth-order valence-corrected chi connectivity index (χ4v) is 2.56. The lowest BCUT2D eigenvalue weighted by atomic mass is 9.80. The molecule has 0 heterocycles. The predicted octanol–water partition coefficient (Wildman–Crippen LogP) is 4.77. The molecule has 1 rings (SSSR count). The lowest BCUT2D eigenvalue weighted by molar-refractivity contribution is -0.0500. The van der Waals surface area contributed by atoms with Gasteiger partial charge >= 0.3 is 15.6 Å². The molecule has 22 heavy (non-hydrogen) atoms. The molecular formula is C15H21F3O3S. The molecule has 0 bridgehead atoms. The number of alkyl halides is 3. The Morgan fingerprint density at radius 3 is 2.05 bits per heavy atom. The van der Waals surface area contributed by atoms with Crippen molar-refractivity contribution in [3.63, 3.8) is 0 Å². The lowest BCUT2D eigenvalue weighted by Gasteiger charge is -2.25. The Balaban J connectivity index is 2.83. The fraction of sp³-hybridized carbons (Fsp3) is 0.600. The van der Waals surface area contributed by atoms with Gasteiger partial charge in [0.15, 0.2) is 0 Å². The Labute approximate surface area is 129 Å². The molecule has 126 valence electrons. The minimum absolute atomic E-state index is 0.128. The highest BCUT2D eigenvalue weighted by Crippen LogP contribution is 2.32. The van der Waals surface area contributed by atoms with E-state index >= 15 is 0 Å². The maximum absolute atomic E-state index is 12.2. The summed E-state index contributed by atoms with van der Waals surface area (Å²) in [5, 5.41) is 0. The van der Waals surface area contributed by atoms with Crippen LogP contribution in [0.25, 0.3) is 0 Å². The SMILES string of the molecule is CCCCCC(C)(C)c1ccc(OS(=O)(=O)C(F)(F)F)cc1. The molecule has 7 heteroatoms. The molecule has 0 fully saturated rings. The smallest absolute Gasteiger partial charge is 0.376 e. The summed E-state index contributed by atoms with van der Waals surface area (Å²) < 4.78 is 62.7. The molecule has 0 saturated carbocycles. The fourth-order valence-electron chi connectivity index (χ4n) is 2.10. The molecule has 0 atom stereocenters. The lowest BCUT2D eigenvalue weighted by Crippen LogP contribution is -2.28. The summed E-state index contributed by atoms with van der Waals surface area (Å²) >= 11 is 0. The van der Waals surface area contributed by atoms with Crippen LogP contribution in [0.5, 0.6) is 5.75 Å². The van der Waals surface area contributed by atoms with E-state index in [0.717, 1.165) is 31.2 Å².